The molecule has 1 aliphatic carbocycles. The maximum absolute atomic E-state index is 4.86. The SMILES string of the molecule is c1ccc(CCC2c3ccccc3-c3cc(-c4ccc5c(c4)c4cc(-c6ccc7[nH]c8nc9ccccc9c-8cc7c6)ccc4n5-c4ccccc4)ccc32)cc1. The van der Waals surface area contributed by atoms with E-state index in [2.05, 4.69) is 192 Å². The average Bonchev–Trinajstić information content (AvgIpc) is 3.91. The van der Waals surface area contributed by atoms with Gasteiger partial charge < -0.3 is 9.55 Å². The number of nitrogens with zero attached hydrogens (tertiary/aromatic N) is 2. The number of fused-ring (bicyclic) bond motifs is 10. The summed E-state index contributed by atoms with van der Waals surface area (Å²) in [7, 11) is 0. The molecule has 268 valence electrons. The van der Waals surface area contributed by atoms with Crippen LogP contribution in [0.25, 0.3) is 94.1 Å². The number of hydrogen-bond donors (Lipinski definition) is 1. The number of rotatable bonds is 6. The summed E-state index contributed by atoms with van der Waals surface area (Å²) in [6, 6.07) is 69.2. The fourth-order valence-corrected chi connectivity index (χ4v) is 9.60. The first-order valence-corrected chi connectivity index (χ1v) is 20.0. The van der Waals surface area contributed by atoms with Gasteiger partial charge in [-0.15, -0.1) is 0 Å². The van der Waals surface area contributed by atoms with Gasteiger partial charge in [0.1, 0.15) is 5.82 Å². The second kappa shape index (κ2) is 12.7. The van der Waals surface area contributed by atoms with Gasteiger partial charge in [-0.25, -0.2) is 4.98 Å². The van der Waals surface area contributed by atoms with E-state index in [1.807, 2.05) is 6.07 Å². The molecular weight excluding hydrogens is 691 g/mol. The number of para-hydroxylation sites is 2. The number of hydrogen-bond acceptors (Lipinski definition) is 1. The molecule has 0 saturated carbocycles. The van der Waals surface area contributed by atoms with E-state index < -0.39 is 0 Å². The van der Waals surface area contributed by atoms with Crippen LogP contribution in [0.1, 0.15) is 29.0 Å². The molecule has 1 N–H and O–H groups in total. The van der Waals surface area contributed by atoms with Crippen molar-refractivity contribution in [1.82, 2.24) is 14.5 Å². The van der Waals surface area contributed by atoms with Gasteiger partial charge in [-0.05, 0) is 135 Å². The molecular formula is C54H37N3. The van der Waals surface area contributed by atoms with Gasteiger partial charge in [0, 0.05) is 38.8 Å². The van der Waals surface area contributed by atoms with Crippen LogP contribution in [0.2, 0.25) is 0 Å². The second-order valence-electron chi connectivity index (χ2n) is 15.6. The van der Waals surface area contributed by atoms with Crippen LogP contribution in [0, 0.1) is 0 Å². The maximum atomic E-state index is 4.86. The minimum absolute atomic E-state index is 0.398. The van der Waals surface area contributed by atoms with Gasteiger partial charge in [-0.3, -0.25) is 0 Å². The van der Waals surface area contributed by atoms with Crippen LogP contribution in [-0.2, 0) is 6.42 Å². The van der Waals surface area contributed by atoms with Crippen molar-refractivity contribution in [2.45, 2.75) is 18.8 Å². The minimum atomic E-state index is 0.398. The molecule has 0 bridgehead atoms. The van der Waals surface area contributed by atoms with Crippen LogP contribution in [0.15, 0.2) is 188 Å². The van der Waals surface area contributed by atoms with Gasteiger partial charge >= 0.3 is 0 Å². The number of nitrogens with one attached hydrogen (secondary N) is 1. The zero-order chi connectivity index (χ0) is 37.5. The zero-order valence-corrected chi connectivity index (χ0v) is 31.3. The third-order valence-electron chi connectivity index (χ3n) is 12.4. The van der Waals surface area contributed by atoms with Crippen molar-refractivity contribution in [1.29, 1.82) is 0 Å². The normalized spacial score (nSPS) is 13.6. The lowest BCUT2D eigenvalue weighted by Crippen LogP contribution is -1.99. The van der Waals surface area contributed by atoms with Gasteiger partial charge in [0.25, 0.3) is 0 Å². The Hall–Kier alpha value is -7.23. The van der Waals surface area contributed by atoms with Crippen LogP contribution in [0.5, 0.6) is 0 Å². The molecule has 1 atom stereocenters. The van der Waals surface area contributed by atoms with Gasteiger partial charge in [0.15, 0.2) is 0 Å². The van der Waals surface area contributed by atoms with Gasteiger partial charge in [0.2, 0.25) is 0 Å². The summed E-state index contributed by atoms with van der Waals surface area (Å²) in [6.45, 7) is 0. The molecule has 3 nitrogen and oxygen atoms in total. The topological polar surface area (TPSA) is 33.6 Å². The molecule has 9 aromatic rings. The van der Waals surface area contributed by atoms with E-state index in [4.69, 9.17) is 4.98 Å². The minimum Gasteiger partial charge on any atom is -0.339 e. The van der Waals surface area contributed by atoms with Crippen molar-refractivity contribution in [2.75, 3.05) is 0 Å². The number of pyridine rings is 1. The predicted molar refractivity (Wildman–Crippen MR) is 237 cm³/mol. The predicted octanol–water partition coefficient (Wildman–Crippen LogP) is 14.0. The van der Waals surface area contributed by atoms with Gasteiger partial charge in [0.05, 0.1) is 16.6 Å². The summed E-state index contributed by atoms with van der Waals surface area (Å²) in [5.41, 5.74) is 18.7. The summed E-state index contributed by atoms with van der Waals surface area (Å²) in [6.07, 6.45) is 2.16. The zero-order valence-electron chi connectivity index (χ0n) is 31.3. The van der Waals surface area contributed by atoms with Crippen LogP contribution in [-0.4, -0.2) is 14.5 Å². The summed E-state index contributed by atoms with van der Waals surface area (Å²) in [5.74, 6) is 1.33. The third-order valence-corrected chi connectivity index (χ3v) is 12.4. The molecule has 0 saturated heterocycles. The number of H-pyrrole nitrogens is 1. The maximum Gasteiger partial charge on any atom is 0.139 e. The van der Waals surface area contributed by atoms with Crippen molar-refractivity contribution < 1.29 is 0 Å². The molecule has 1 aromatic heterocycles. The molecule has 12 rings (SSSR count). The van der Waals surface area contributed by atoms with Crippen LogP contribution < -0.4 is 0 Å². The molecule has 0 spiro atoms. The van der Waals surface area contributed by atoms with E-state index in [1.54, 1.807) is 0 Å². The Labute approximate surface area is 330 Å². The highest BCUT2D eigenvalue weighted by molar-refractivity contribution is 6.12. The fraction of sp³-hybridized carbons (Fsp3) is 0.0556. The molecule has 1 unspecified atom stereocenters. The Morgan fingerprint density at radius 2 is 1.11 bits per heavy atom. The fourth-order valence-electron chi connectivity index (χ4n) is 9.60. The molecule has 0 radical (unpaired) electrons. The van der Waals surface area contributed by atoms with E-state index >= 15 is 0 Å². The largest absolute Gasteiger partial charge is 0.339 e. The highest BCUT2D eigenvalue weighted by atomic mass is 15.0. The van der Waals surface area contributed by atoms with E-state index in [0.717, 1.165) is 41.0 Å². The number of aryl methyl sites for hydroxylation is 1. The first-order chi connectivity index (χ1) is 28.2. The van der Waals surface area contributed by atoms with Gasteiger partial charge in [-0.2, -0.15) is 0 Å². The van der Waals surface area contributed by atoms with Crippen molar-refractivity contribution in [3.63, 3.8) is 0 Å². The monoisotopic (exact) mass is 727 g/mol. The summed E-state index contributed by atoms with van der Waals surface area (Å²) < 4.78 is 2.41. The van der Waals surface area contributed by atoms with Crippen molar-refractivity contribution in [3.8, 4) is 50.5 Å². The Kier molecular flexibility index (Phi) is 7.12. The summed E-state index contributed by atoms with van der Waals surface area (Å²) >= 11 is 0. The quantitative estimate of drug-likeness (QED) is 0.182. The number of aromatic nitrogens is 3. The standard InChI is InChI=1S/C54H37N3/c1-3-11-34(12-4-1)19-24-43-41-15-7-8-16-42(41)46-30-36(20-25-44(43)46)38-23-28-53-48(32-38)47-31-37(22-27-52(47)57(53)40-13-5-2-6-14-40)35-21-26-50-39(29-35)33-49-45-17-9-10-18-51(45)56-54(49)55-50/h1-18,20-23,25-33,43H,19,24H2,(H,55,56). The van der Waals surface area contributed by atoms with Crippen molar-refractivity contribution >= 4 is 43.6 Å². The molecule has 8 aromatic carbocycles. The third kappa shape index (κ3) is 5.16. The Bertz CT molecular complexity index is 3300. The lowest BCUT2D eigenvalue weighted by atomic mass is 9.90. The van der Waals surface area contributed by atoms with E-state index in [9.17, 15) is 0 Å². The molecule has 3 heterocycles. The van der Waals surface area contributed by atoms with Gasteiger partial charge in [-0.1, -0.05) is 121 Å². The van der Waals surface area contributed by atoms with E-state index in [-0.39, 0.29) is 0 Å². The van der Waals surface area contributed by atoms with Crippen molar-refractivity contribution in [3.05, 3.63) is 205 Å². The second-order valence-corrected chi connectivity index (χ2v) is 15.6. The van der Waals surface area contributed by atoms with Crippen molar-refractivity contribution in [2.24, 2.45) is 0 Å². The highest BCUT2D eigenvalue weighted by Gasteiger charge is 2.28. The number of benzene rings is 8. The van der Waals surface area contributed by atoms with Crippen LogP contribution in [0.3, 0.4) is 0 Å². The lowest BCUT2D eigenvalue weighted by molar-refractivity contribution is 0.729. The van der Waals surface area contributed by atoms with Crippen LogP contribution in [0.4, 0.5) is 0 Å². The molecule has 0 amide bonds. The Balaban J connectivity index is 0.984. The van der Waals surface area contributed by atoms with Crippen LogP contribution >= 0.6 is 0 Å². The van der Waals surface area contributed by atoms with E-state index in [1.165, 1.54) is 82.6 Å². The first-order valence-electron chi connectivity index (χ1n) is 20.0. The molecule has 3 heteroatoms. The average molecular weight is 728 g/mol. The number of aromatic amines is 1. The molecule has 3 aliphatic rings. The molecule has 2 aliphatic heterocycles. The highest BCUT2D eigenvalue weighted by Crippen LogP contribution is 2.48. The first kappa shape index (κ1) is 32.1. The summed E-state index contributed by atoms with van der Waals surface area (Å²) in [4.78, 5) is 8.45. The summed E-state index contributed by atoms with van der Waals surface area (Å²) in [5, 5.41) is 4.85. The molecule has 0 fully saturated rings. The Morgan fingerprint density at radius 1 is 0.474 bits per heavy atom. The lowest BCUT2D eigenvalue weighted by Gasteiger charge is -2.14. The smallest absolute Gasteiger partial charge is 0.139 e. The van der Waals surface area contributed by atoms with E-state index in [0.29, 0.717) is 5.92 Å². The molecule has 57 heavy (non-hydrogen) atoms. The Morgan fingerprint density at radius 3 is 1.91 bits per heavy atom.